The average Bonchev–Trinajstić information content (AvgIpc) is 2.76. The van der Waals surface area contributed by atoms with E-state index in [1.807, 2.05) is 24.3 Å². The molecule has 0 saturated carbocycles. The number of aromatic nitrogens is 1. The van der Waals surface area contributed by atoms with Gasteiger partial charge in [-0.25, -0.2) is 9.78 Å². The fraction of sp³-hybridized carbons (Fsp3) is 0.167. The Balaban J connectivity index is 2.14. The van der Waals surface area contributed by atoms with Crippen LogP contribution in [0.4, 0.5) is 0 Å². The molecule has 0 aliphatic heterocycles. The summed E-state index contributed by atoms with van der Waals surface area (Å²) in [4.78, 5) is 15.5. The number of nitrogens with zero attached hydrogens (tertiary/aromatic N) is 1. The number of hydrogen-bond donors (Lipinski definition) is 0. The van der Waals surface area contributed by atoms with Crippen LogP contribution in [-0.2, 0) is 11.2 Å². The largest absolute Gasteiger partial charge is 0.464 e. The van der Waals surface area contributed by atoms with Crippen LogP contribution in [0.1, 0.15) is 21.1 Å². The summed E-state index contributed by atoms with van der Waals surface area (Å²) in [7, 11) is 1.36. The van der Waals surface area contributed by atoms with E-state index in [9.17, 15) is 4.79 Å². The van der Waals surface area contributed by atoms with Gasteiger partial charge in [0.1, 0.15) is 0 Å². The normalized spacial score (nSPS) is 10.2. The molecule has 0 aliphatic rings. The third-order valence-electron chi connectivity index (χ3n) is 2.19. The number of thiazole rings is 1. The molecular formula is C12H10BrNO2S. The van der Waals surface area contributed by atoms with Crippen molar-refractivity contribution in [1.82, 2.24) is 4.98 Å². The van der Waals surface area contributed by atoms with Crippen LogP contribution in [0.25, 0.3) is 0 Å². The van der Waals surface area contributed by atoms with Crippen LogP contribution >= 0.6 is 27.3 Å². The van der Waals surface area contributed by atoms with E-state index in [1.165, 1.54) is 18.4 Å². The van der Waals surface area contributed by atoms with Gasteiger partial charge in [-0.05, 0) is 17.7 Å². The van der Waals surface area contributed by atoms with Gasteiger partial charge in [-0.3, -0.25) is 0 Å². The molecule has 1 aromatic heterocycles. The van der Waals surface area contributed by atoms with Crippen LogP contribution in [0.2, 0.25) is 0 Å². The van der Waals surface area contributed by atoms with Gasteiger partial charge in [0.05, 0.1) is 12.1 Å². The van der Waals surface area contributed by atoms with Crippen molar-refractivity contribution >= 4 is 33.2 Å². The predicted molar refractivity (Wildman–Crippen MR) is 70.4 cm³/mol. The lowest BCUT2D eigenvalue weighted by atomic mass is 10.2. The van der Waals surface area contributed by atoms with E-state index in [0.29, 0.717) is 5.69 Å². The number of halogens is 1. The van der Waals surface area contributed by atoms with Crippen molar-refractivity contribution in [2.24, 2.45) is 0 Å². The maximum absolute atomic E-state index is 11.2. The van der Waals surface area contributed by atoms with Gasteiger partial charge in [0.25, 0.3) is 0 Å². The first kappa shape index (κ1) is 12.3. The lowest BCUT2D eigenvalue weighted by Crippen LogP contribution is -2.01. The first-order valence-electron chi connectivity index (χ1n) is 4.96. The fourth-order valence-corrected chi connectivity index (χ4v) is 2.66. The van der Waals surface area contributed by atoms with Crippen LogP contribution in [-0.4, -0.2) is 18.1 Å². The number of hydrogen-bond acceptors (Lipinski definition) is 4. The second-order valence-corrected chi connectivity index (χ2v) is 5.28. The topological polar surface area (TPSA) is 39.2 Å². The van der Waals surface area contributed by atoms with Gasteiger partial charge in [0.15, 0.2) is 5.69 Å². The quantitative estimate of drug-likeness (QED) is 0.817. The molecule has 0 atom stereocenters. The van der Waals surface area contributed by atoms with Gasteiger partial charge >= 0.3 is 5.97 Å². The highest BCUT2D eigenvalue weighted by molar-refractivity contribution is 9.10. The monoisotopic (exact) mass is 311 g/mol. The molecule has 0 spiro atoms. The van der Waals surface area contributed by atoms with Gasteiger partial charge in [-0.2, -0.15) is 0 Å². The number of ether oxygens (including phenoxy) is 1. The minimum Gasteiger partial charge on any atom is -0.464 e. The zero-order valence-electron chi connectivity index (χ0n) is 9.14. The second kappa shape index (κ2) is 5.42. The SMILES string of the molecule is COC(=O)c1csc(Cc2cccc(Br)c2)n1. The van der Waals surface area contributed by atoms with Gasteiger partial charge < -0.3 is 4.74 Å². The van der Waals surface area contributed by atoms with Crippen LogP contribution in [0.3, 0.4) is 0 Å². The molecule has 0 amide bonds. The van der Waals surface area contributed by atoms with Gasteiger partial charge in [-0.1, -0.05) is 28.1 Å². The van der Waals surface area contributed by atoms with E-state index in [4.69, 9.17) is 0 Å². The summed E-state index contributed by atoms with van der Waals surface area (Å²) in [6.07, 6.45) is 0.723. The highest BCUT2D eigenvalue weighted by Crippen LogP contribution is 2.18. The summed E-state index contributed by atoms with van der Waals surface area (Å²) in [6, 6.07) is 8.03. The molecule has 5 heteroatoms. The summed E-state index contributed by atoms with van der Waals surface area (Å²) in [5, 5.41) is 2.63. The Hall–Kier alpha value is -1.20. The molecule has 17 heavy (non-hydrogen) atoms. The molecule has 3 nitrogen and oxygen atoms in total. The zero-order chi connectivity index (χ0) is 12.3. The first-order chi connectivity index (χ1) is 8.19. The van der Waals surface area contributed by atoms with E-state index in [2.05, 4.69) is 25.7 Å². The smallest absolute Gasteiger partial charge is 0.357 e. The molecule has 0 saturated heterocycles. The van der Waals surface area contributed by atoms with Crippen molar-refractivity contribution in [3.63, 3.8) is 0 Å². The van der Waals surface area contributed by atoms with Crippen molar-refractivity contribution in [3.05, 3.63) is 50.4 Å². The number of esters is 1. The fourth-order valence-electron chi connectivity index (χ4n) is 1.41. The third-order valence-corrected chi connectivity index (χ3v) is 3.53. The Morgan fingerprint density at radius 3 is 3.06 bits per heavy atom. The summed E-state index contributed by atoms with van der Waals surface area (Å²) in [6.45, 7) is 0. The van der Waals surface area contributed by atoms with Gasteiger partial charge in [0.2, 0.25) is 0 Å². The van der Waals surface area contributed by atoms with Crippen LogP contribution < -0.4 is 0 Å². The van der Waals surface area contributed by atoms with Gasteiger partial charge in [-0.15, -0.1) is 11.3 Å². The molecule has 2 rings (SSSR count). The summed E-state index contributed by atoms with van der Waals surface area (Å²) in [5.74, 6) is -0.387. The van der Waals surface area contributed by atoms with Crippen molar-refractivity contribution in [3.8, 4) is 0 Å². The highest BCUT2D eigenvalue weighted by atomic mass is 79.9. The van der Waals surface area contributed by atoms with E-state index < -0.39 is 0 Å². The molecule has 1 aromatic carbocycles. The van der Waals surface area contributed by atoms with Crippen LogP contribution in [0.5, 0.6) is 0 Å². The Morgan fingerprint density at radius 1 is 1.53 bits per heavy atom. The molecule has 0 radical (unpaired) electrons. The second-order valence-electron chi connectivity index (χ2n) is 3.42. The molecule has 0 N–H and O–H groups in total. The average molecular weight is 312 g/mol. The molecule has 0 bridgehead atoms. The molecule has 0 unspecified atom stereocenters. The number of carbonyl (C=O) groups excluding carboxylic acids is 1. The third kappa shape index (κ3) is 3.14. The minimum absolute atomic E-state index is 0.377. The van der Waals surface area contributed by atoms with Crippen molar-refractivity contribution in [1.29, 1.82) is 0 Å². The number of carbonyl (C=O) groups is 1. The molecule has 1 heterocycles. The molecule has 88 valence electrons. The first-order valence-corrected chi connectivity index (χ1v) is 6.63. The lowest BCUT2D eigenvalue weighted by Gasteiger charge is -1.98. The summed E-state index contributed by atoms with van der Waals surface area (Å²) < 4.78 is 5.66. The van der Waals surface area contributed by atoms with E-state index in [0.717, 1.165) is 21.5 Å². The lowest BCUT2D eigenvalue weighted by molar-refractivity contribution is 0.0594. The van der Waals surface area contributed by atoms with E-state index in [1.54, 1.807) is 5.38 Å². The number of rotatable bonds is 3. The highest BCUT2D eigenvalue weighted by Gasteiger charge is 2.10. The Kier molecular flexibility index (Phi) is 3.91. The van der Waals surface area contributed by atoms with Crippen molar-refractivity contribution < 1.29 is 9.53 Å². The number of benzene rings is 1. The summed E-state index contributed by atoms with van der Waals surface area (Å²) in [5.41, 5.74) is 1.53. The van der Waals surface area contributed by atoms with Crippen molar-refractivity contribution in [2.45, 2.75) is 6.42 Å². The Bertz CT molecular complexity index is 539. The van der Waals surface area contributed by atoms with Crippen molar-refractivity contribution in [2.75, 3.05) is 7.11 Å². The maximum Gasteiger partial charge on any atom is 0.357 e. The van der Waals surface area contributed by atoms with Crippen LogP contribution in [0.15, 0.2) is 34.1 Å². The number of methoxy groups -OCH3 is 1. The molecule has 0 fully saturated rings. The minimum atomic E-state index is -0.387. The Morgan fingerprint density at radius 2 is 2.35 bits per heavy atom. The predicted octanol–water partition coefficient (Wildman–Crippen LogP) is 3.28. The van der Waals surface area contributed by atoms with Gasteiger partial charge in [0, 0.05) is 16.3 Å². The summed E-state index contributed by atoms with van der Waals surface area (Å²) >= 11 is 4.89. The Labute approximate surface area is 112 Å². The molecule has 0 aliphatic carbocycles. The molecule has 2 aromatic rings. The van der Waals surface area contributed by atoms with E-state index in [-0.39, 0.29) is 5.97 Å². The maximum atomic E-state index is 11.2. The zero-order valence-corrected chi connectivity index (χ0v) is 11.5. The van der Waals surface area contributed by atoms with E-state index >= 15 is 0 Å². The standard InChI is InChI=1S/C12H10BrNO2S/c1-16-12(15)10-7-17-11(14-10)6-8-3-2-4-9(13)5-8/h2-5,7H,6H2,1H3. The molecular weight excluding hydrogens is 302 g/mol. The van der Waals surface area contributed by atoms with Crippen LogP contribution in [0, 0.1) is 0 Å².